The number of rotatable bonds is 3. The molecule has 1 heterocycles. The van der Waals surface area contributed by atoms with Crippen LogP contribution in [0.5, 0.6) is 5.75 Å². The van der Waals surface area contributed by atoms with Crippen LogP contribution in [0.2, 0.25) is 10.0 Å². The maximum Gasteiger partial charge on any atom is 0.181 e. The number of methoxy groups -OCH3 is 1. The van der Waals surface area contributed by atoms with Crippen molar-refractivity contribution in [3.05, 3.63) is 27.7 Å². The largest absolute Gasteiger partial charge is 0.495 e. The monoisotopic (exact) mass is 287 g/mol. The molecule has 98 valence electrons. The van der Waals surface area contributed by atoms with E-state index in [0.717, 1.165) is 25.8 Å². The molecule has 1 saturated heterocycles. The summed E-state index contributed by atoms with van der Waals surface area (Å²) in [7, 11) is 1.52. The van der Waals surface area contributed by atoms with Gasteiger partial charge in [0.1, 0.15) is 5.75 Å². The first kappa shape index (κ1) is 13.7. The fourth-order valence-corrected chi connectivity index (χ4v) is 2.62. The van der Waals surface area contributed by atoms with Crippen LogP contribution in [-0.4, -0.2) is 25.5 Å². The molecule has 1 unspecified atom stereocenters. The van der Waals surface area contributed by atoms with Crippen LogP contribution >= 0.6 is 23.2 Å². The Morgan fingerprint density at radius 2 is 2.11 bits per heavy atom. The highest BCUT2D eigenvalue weighted by atomic mass is 35.5. The Hall–Kier alpha value is -0.770. The van der Waals surface area contributed by atoms with E-state index in [1.54, 1.807) is 12.1 Å². The van der Waals surface area contributed by atoms with Gasteiger partial charge in [0.05, 0.1) is 23.2 Å². The Morgan fingerprint density at radius 1 is 1.33 bits per heavy atom. The highest BCUT2D eigenvalue weighted by Crippen LogP contribution is 2.32. The van der Waals surface area contributed by atoms with E-state index >= 15 is 0 Å². The molecule has 18 heavy (non-hydrogen) atoms. The minimum atomic E-state index is -0.152. The van der Waals surface area contributed by atoms with E-state index in [0.29, 0.717) is 21.4 Å². The Kier molecular flexibility index (Phi) is 4.49. The fourth-order valence-electron chi connectivity index (χ4n) is 2.14. The number of ketones is 1. The molecule has 5 heteroatoms. The SMILES string of the molecule is COc1cc(Cl)c(C(=O)C2CCCCN2)cc1Cl. The third-order valence-corrected chi connectivity index (χ3v) is 3.74. The number of halogens is 2. The average Bonchev–Trinajstić information content (AvgIpc) is 2.41. The predicted molar refractivity (Wildman–Crippen MR) is 73.0 cm³/mol. The zero-order chi connectivity index (χ0) is 13.1. The molecule has 1 N–H and O–H groups in total. The van der Waals surface area contributed by atoms with E-state index in [2.05, 4.69) is 5.32 Å². The van der Waals surface area contributed by atoms with E-state index in [-0.39, 0.29) is 11.8 Å². The molecule has 0 bridgehead atoms. The van der Waals surface area contributed by atoms with E-state index in [1.165, 1.54) is 7.11 Å². The van der Waals surface area contributed by atoms with Crippen molar-refractivity contribution in [3.8, 4) is 5.75 Å². The summed E-state index contributed by atoms with van der Waals surface area (Å²) in [6.07, 6.45) is 3.02. The lowest BCUT2D eigenvalue weighted by Gasteiger charge is -2.22. The maximum absolute atomic E-state index is 12.3. The van der Waals surface area contributed by atoms with Gasteiger partial charge in [0, 0.05) is 11.6 Å². The first-order valence-corrected chi connectivity index (χ1v) is 6.69. The van der Waals surface area contributed by atoms with E-state index in [9.17, 15) is 4.79 Å². The lowest BCUT2D eigenvalue weighted by atomic mass is 9.96. The van der Waals surface area contributed by atoms with Gasteiger partial charge >= 0.3 is 0 Å². The van der Waals surface area contributed by atoms with Crippen LogP contribution in [0.1, 0.15) is 29.6 Å². The van der Waals surface area contributed by atoms with Crippen LogP contribution in [-0.2, 0) is 0 Å². The molecular weight excluding hydrogens is 273 g/mol. The van der Waals surface area contributed by atoms with Crippen molar-refractivity contribution in [3.63, 3.8) is 0 Å². The number of piperidine rings is 1. The summed E-state index contributed by atoms with van der Waals surface area (Å²) in [6.45, 7) is 0.873. The number of hydrogen-bond donors (Lipinski definition) is 1. The first-order chi connectivity index (χ1) is 8.63. The fraction of sp³-hybridized carbons (Fsp3) is 0.462. The van der Waals surface area contributed by atoms with E-state index in [1.807, 2.05) is 0 Å². The summed E-state index contributed by atoms with van der Waals surface area (Å²) in [5.74, 6) is 0.485. The quantitative estimate of drug-likeness (QED) is 0.867. The highest BCUT2D eigenvalue weighted by Gasteiger charge is 2.24. The Labute approximate surface area is 116 Å². The molecule has 1 atom stereocenters. The minimum absolute atomic E-state index is 0.00394. The van der Waals surface area contributed by atoms with Gasteiger partial charge < -0.3 is 10.1 Å². The Morgan fingerprint density at radius 3 is 2.72 bits per heavy atom. The molecule has 0 saturated carbocycles. The molecule has 1 aromatic rings. The summed E-state index contributed by atoms with van der Waals surface area (Å²) in [5.41, 5.74) is 0.460. The zero-order valence-corrected chi connectivity index (χ0v) is 11.6. The number of benzene rings is 1. The molecule has 2 rings (SSSR count). The van der Waals surface area contributed by atoms with Gasteiger partial charge in [0.2, 0.25) is 0 Å². The Balaban J connectivity index is 2.27. The van der Waals surface area contributed by atoms with Crippen LogP contribution in [0.25, 0.3) is 0 Å². The van der Waals surface area contributed by atoms with Crippen molar-refractivity contribution in [1.82, 2.24) is 5.32 Å². The van der Waals surface area contributed by atoms with E-state index in [4.69, 9.17) is 27.9 Å². The van der Waals surface area contributed by atoms with Crippen LogP contribution in [0.3, 0.4) is 0 Å². The van der Waals surface area contributed by atoms with Gasteiger partial charge in [-0.3, -0.25) is 4.79 Å². The van der Waals surface area contributed by atoms with Gasteiger partial charge in [0.15, 0.2) is 5.78 Å². The third-order valence-electron chi connectivity index (χ3n) is 3.13. The summed E-state index contributed by atoms with van der Waals surface area (Å²) in [5, 5.41) is 4.00. The van der Waals surface area contributed by atoms with Crippen molar-refractivity contribution in [2.24, 2.45) is 0 Å². The van der Waals surface area contributed by atoms with Crippen molar-refractivity contribution < 1.29 is 9.53 Å². The number of carbonyl (C=O) groups is 1. The van der Waals surface area contributed by atoms with Gasteiger partial charge in [-0.15, -0.1) is 0 Å². The topological polar surface area (TPSA) is 38.3 Å². The van der Waals surface area contributed by atoms with Crippen molar-refractivity contribution in [2.45, 2.75) is 25.3 Å². The molecule has 1 aliphatic heterocycles. The second-order valence-electron chi connectivity index (χ2n) is 4.33. The van der Waals surface area contributed by atoms with E-state index < -0.39 is 0 Å². The summed E-state index contributed by atoms with van der Waals surface area (Å²) in [6, 6.07) is 3.02. The molecule has 0 aliphatic carbocycles. The van der Waals surface area contributed by atoms with Crippen molar-refractivity contribution in [1.29, 1.82) is 0 Å². The second kappa shape index (κ2) is 5.91. The van der Waals surface area contributed by atoms with Crippen LogP contribution in [0.15, 0.2) is 12.1 Å². The molecule has 1 aromatic carbocycles. The smallest absolute Gasteiger partial charge is 0.181 e. The average molecular weight is 288 g/mol. The van der Waals surface area contributed by atoms with Gasteiger partial charge in [-0.2, -0.15) is 0 Å². The van der Waals surface area contributed by atoms with Gasteiger partial charge in [-0.25, -0.2) is 0 Å². The predicted octanol–water partition coefficient (Wildman–Crippen LogP) is 3.33. The molecule has 0 radical (unpaired) electrons. The molecule has 3 nitrogen and oxygen atoms in total. The zero-order valence-electron chi connectivity index (χ0n) is 10.1. The number of hydrogen-bond acceptors (Lipinski definition) is 3. The van der Waals surface area contributed by atoms with Crippen molar-refractivity contribution >= 4 is 29.0 Å². The highest BCUT2D eigenvalue weighted by molar-refractivity contribution is 6.37. The summed E-state index contributed by atoms with van der Waals surface area (Å²) < 4.78 is 5.06. The molecule has 0 aromatic heterocycles. The van der Waals surface area contributed by atoms with Crippen molar-refractivity contribution in [2.75, 3.05) is 13.7 Å². The van der Waals surface area contributed by atoms with Crippen LogP contribution in [0, 0.1) is 0 Å². The first-order valence-electron chi connectivity index (χ1n) is 5.94. The lowest BCUT2D eigenvalue weighted by Crippen LogP contribution is -2.40. The third kappa shape index (κ3) is 2.79. The lowest BCUT2D eigenvalue weighted by molar-refractivity contribution is 0.0927. The number of nitrogens with one attached hydrogen (secondary N) is 1. The number of Topliss-reactive ketones (excluding diaryl/α,β-unsaturated/α-hetero) is 1. The summed E-state index contributed by atoms with van der Waals surface area (Å²) >= 11 is 12.1. The maximum atomic E-state index is 12.3. The second-order valence-corrected chi connectivity index (χ2v) is 5.15. The molecule has 0 amide bonds. The minimum Gasteiger partial charge on any atom is -0.495 e. The molecule has 0 spiro atoms. The normalized spacial score (nSPS) is 19.6. The Bertz CT molecular complexity index is 457. The van der Waals surface area contributed by atoms with Gasteiger partial charge in [0.25, 0.3) is 0 Å². The standard InChI is InChI=1S/C13H15Cl2NO2/c1-18-12-7-9(14)8(6-10(12)15)13(17)11-4-2-3-5-16-11/h6-7,11,16H,2-5H2,1H3. The number of carbonyl (C=O) groups excluding carboxylic acids is 1. The molecule has 1 aliphatic rings. The van der Waals surface area contributed by atoms with Gasteiger partial charge in [-0.1, -0.05) is 29.6 Å². The molecular formula is C13H15Cl2NO2. The molecule has 1 fully saturated rings. The van der Waals surface area contributed by atoms with Crippen LogP contribution < -0.4 is 10.1 Å². The number of ether oxygens (including phenoxy) is 1. The van der Waals surface area contributed by atoms with Gasteiger partial charge in [-0.05, 0) is 25.5 Å². The van der Waals surface area contributed by atoms with Crippen LogP contribution in [0.4, 0.5) is 0 Å². The summed E-state index contributed by atoms with van der Waals surface area (Å²) in [4.78, 5) is 12.3.